The van der Waals surface area contributed by atoms with Gasteiger partial charge in [-0.3, -0.25) is 0 Å². The highest BCUT2D eigenvalue weighted by atomic mass is 79.9. The van der Waals surface area contributed by atoms with E-state index in [-0.39, 0.29) is 47.6 Å². The van der Waals surface area contributed by atoms with Gasteiger partial charge in [-0.25, -0.2) is 19.6 Å². The van der Waals surface area contributed by atoms with Crippen LogP contribution in [0.2, 0.25) is 20.4 Å². The lowest BCUT2D eigenvalue weighted by molar-refractivity contribution is 0.0584. The summed E-state index contributed by atoms with van der Waals surface area (Å²) < 4.78 is 9.33. The molecule has 13 heteroatoms. The fraction of sp³-hybridized carbons (Fsp3) is 0.176. The number of nitrogens with zero attached hydrogens (tertiary/aromatic N) is 2. The highest BCUT2D eigenvalue weighted by Crippen LogP contribution is 2.35. The molecule has 8 nitrogen and oxygen atoms in total. The molecule has 0 saturated heterocycles. The molecule has 4 N–H and O–H groups in total. The number of nitrogen functional groups attached to an aromatic ring is 2. The number of carbonyl (C=O) groups is 2. The molecule has 2 aromatic rings. The van der Waals surface area contributed by atoms with Gasteiger partial charge in [0, 0.05) is 5.56 Å². The number of allylic oxidation sites excluding steroid dienone is 1. The number of halogens is 5. The van der Waals surface area contributed by atoms with E-state index < -0.39 is 11.9 Å². The first-order valence-electron chi connectivity index (χ1n) is 7.65. The Labute approximate surface area is 200 Å². The minimum atomic E-state index is -0.637. The van der Waals surface area contributed by atoms with Crippen molar-refractivity contribution in [1.29, 1.82) is 0 Å². The zero-order chi connectivity index (χ0) is 23.3. The minimum absolute atomic E-state index is 0.000556. The molecule has 0 aromatic carbocycles. The third-order valence-corrected chi connectivity index (χ3v) is 5.70. The topological polar surface area (TPSA) is 130 Å². The molecule has 2 heterocycles. The molecular formula is C17H15BrCl4N4O4. The first-order chi connectivity index (χ1) is 13.9. The number of rotatable bonds is 3. The van der Waals surface area contributed by atoms with Crippen molar-refractivity contribution >= 4 is 91.2 Å². The first kappa shape index (κ1) is 26.3. The van der Waals surface area contributed by atoms with E-state index in [4.69, 9.17) is 57.9 Å². The lowest BCUT2D eigenvalue weighted by atomic mass is 10.1. The van der Waals surface area contributed by atoms with Gasteiger partial charge in [0.25, 0.3) is 0 Å². The van der Waals surface area contributed by atoms with E-state index in [0.29, 0.717) is 11.1 Å². The molecule has 0 radical (unpaired) electrons. The third-order valence-electron chi connectivity index (χ3n) is 3.39. The predicted octanol–water partition coefficient (Wildman–Crippen LogP) is 5.31. The summed E-state index contributed by atoms with van der Waals surface area (Å²) >= 11 is 26.0. The van der Waals surface area contributed by atoms with Gasteiger partial charge < -0.3 is 20.9 Å². The highest BCUT2D eigenvalue weighted by molar-refractivity contribution is 9.10. The summed E-state index contributed by atoms with van der Waals surface area (Å²) in [5, 5.41) is 0.135. The number of anilines is 2. The van der Waals surface area contributed by atoms with Crippen LogP contribution >= 0.6 is 62.3 Å². The fourth-order valence-electron chi connectivity index (χ4n) is 1.99. The van der Waals surface area contributed by atoms with Crippen LogP contribution < -0.4 is 11.5 Å². The minimum Gasteiger partial charge on any atom is -0.464 e. The lowest BCUT2D eigenvalue weighted by Gasteiger charge is -2.12. The number of hydrogen-bond donors (Lipinski definition) is 2. The number of pyridine rings is 2. The van der Waals surface area contributed by atoms with Crippen molar-refractivity contribution in [1.82, 2.24) is 9.97 Å². The number of ether oxygens (including phenoxy) is 2. The summed E-state index contributed by atoms with van der Waals surface area (Å²) in [6.45, 7) is 5.39. The van der Waals surface area contributed by atoms with Crippen LogP contribution in [-0.4, -0.2) is 36.1 Å². The van der Waals surface area contributed by atoms with Crippen LogP contribution in [0, 0.1) is 0 Å². The van der Waals surface area contributed by atoms with Gasteiger partial charge in [0.1, 0.15) is 10.0 Å². The molecule has 0 saturated carbocycles. The molecular weight excluding hydrogens is 546 g/mol. The van der Waals surface area contributed by atoms with Gasteiger partial charge in [-0.15, -0.1) is 0 Å². The number of carbonyl (C=O) groups excluding carboxylic acids is 2. The van der Waals surface area contributed by atoms with E-state index >= 15 is 0 Å². The van der Waals surface area contributed by atoms with Crippen LogP contribution in [0.15, 0.2) is 11.1 Å². The fourth-order valence-corrected chi connectivity index (χ4v) is 3.20. The number of hydrogen-bond acceptors (Lipinski definition) is 8. The average Bonchev–Trinajstić information content (AvgIpc) is 2.71. The van der Waals surface area contributed by atoms with Crippen LogP contribution in [0.3, 0.4) is 0 Å². The summed E-state index contributed by atoms with van der Waals surface area (Å²) in [7, 11) is 2.47. The van der Waals surface area contributed by atoms with E-state index in [1.807, 2.05) is 0 Å². The van der Waals surface area contributed by atoms with Gasteiger partial charge in [-0.2, -0.15) is 0 Å². The Morgan fingerprint density at radius 2 is 1.30 bits per heavy atom. The van der Waals surface area contributed by atoms with Crippen LogP contribution in [-0.2, 0) is 9.47 Å². The van der Waals surface area contributed by atoms with Gasteiger partial charge in [-0.1, -0.05) is 53.0 Å². The third kappa shape index (κ3) is 5.67. The SMILES string of the molecule is C=C(C)c1c(C(=O)OC)nc(Cl)c(Cl)c1N.COC(=O)c1nc(Cl)c(Cl)c(N)c1Br. The van der Waals surface area contributed by atoms with Crippen molar-refractivity contribution in [3.8, 4) is 0 Å². The standard InChI is InChI=1S/C10H10Cl2N2O2.C7H5BrCl2N2O2/c1-4(2)5-7(13)6(11)9(12)14-8(5)10(15)16-3;1-14-7(13)5-2(8)4(11)3(9)6(10)12-5/h1H2,2-3H3,(H2,13,14);1H3,(H2,11,12). The van der Waals surface area contributed by atoms with Crippen molar-refractivity contribution in [3.63, 3.8) is 0 Å². The van der Waals surface area contributed by atoms with Gasteiger partial charge in [0.2, 0.25) is 0 Å². The molecule has 162 valence electrons. The van der Waals surface area contributed by atoms with Crippen molar-refractivity contribution in [2.45, 2.75) is 6.92 Å². The Hall–Kier alpha value is -1.78. The van der Waals surface area contributed by atoms with E-state index in [1.165, 1.54) is 14.2 Å². The Kier molecular flexibility index (Phi) is 9.64. The number of methoxy groups -OCH3 is 2. The summed E-state index contributed by atoms with van der Waals surface area (Å²) in [6, 6.07) is 0. The molecule has 0 spiro atoms. The highest BCUT2D eigenvalue weighted by Gasteiger charge is 2.22. The molecule has 0 atom stereocenters. The van der Waals surface area contributed by atoms with Crippen molar-refractivity contribution in [3.05, 3.63) is 48.4 Å². The van der Waals surface area contributed by atoms with Crippen molar-refractivity contribution in [2.75, 3.05) is 25.7 Å². The Morgan fingerprint density at radius 1 is 0.900 bits per heavy atom. The molecule has 2 aromatic heterocycles. The molecule has 0 aliphatic carbocycles. The maximum Gasteiger partial charge on any atom is 0.357 e. The second-order valence-electron chi connectivity index (χ2n) is 5.41. The van der Waals surface area contributed by atoms with Crippen LogP contribution in [0.4, 0.5) is 11.4 Å². The van der Waals surface area contributed by atoms with E-state index in [2.05, 4.69) is 42.0 Å². The molecule has 0 bridgehead atoms. The molecule has 0 aliphatic rings. The van der Waals surface area contributed by atoms with Gasteiger partial charge in [-0.05, 0) is 28.4 Å². The van der Waals surface area contributed by atoms with Gasteiger partial charge >= 0.3 is 11.9 Å². The number of esters is 2. The smallest absolute Gasteiger partial charge is 0.357 e. The summed E-state index contributed by atoms with van der Waals surface area (Å²) in [4.78, 5) is 30.2. The summed E-state index contributed by atoms with van der Waals surface area (Å²) in [6.07, 6.45) is 0. The van der Waals surface area contributed by atoms with Gasteiger partial charge in [0.15, 0.2) is 21.7 Å². The zero-order valence-electron chi connectivity index (χ0n) is 15.8. The second-order valence-corrected chi connectivity index (χ2v) is 7.68. The number of aromatic nitrogens is 2. The second kappa shape index (κ2) is 11.0. The average molecular weight is 561 g/mol. The Balaban J connectivity index is 0.000000303. The molecule has 2 rings (SSSR count). The Bertz CT molecular complexity index is 1030. The van der Waals surface area contributed by atoms with Crippen molar-refractivity contribution < 1.29 is 19.1 Å². The van der Waals surface area contributed by atoms with Crippen LogP contribution in [0.25, 0.3) is 5.57 Å². The molecule has 0 fully saturated rings. The maximum atomic E-state index is 11.5. The molecule has 0 amide bonds. The normalized spacial score (nSPS) is 10.0. The summed E-state index contributed by atoms with van der Waals surface area (Å²) in [5.41, 5.74) is 12.6. The van der Waals surface area contributed by atoms with Crippen LogP contribution in [0.5, 0.6) is 0 Å². The molecule has 30 heavy (non-hydrogen) atoms. The van der Waals surface area contributed by atoms with E-state index in [9.17, 15) is 9.59 Å². The molecule has 0 aliphatic heterocycles. The first-order valence-corrected chi connectivity index (χ1v) is 9.96. The maximum absolute atomic E-state index is 11.5. The largest absolute Gasteiger partial charge is 0.464 e. The predicted molar refractivity (Wildman–Crippen MR) is 122 cm³/mol. The quantitative estimate of drug-likeness (QED) is 0.381. The monoisotopic (exact) mass is 558 g/mol. The lowest BCUT2D eigenvalue weighted by Crippen LogP contribution is -2.11. The number of nitrogens with two attached hydrogens (primary N) is 2. The Morgan fingerprint density at radius 3 is 1.73 bits per heavy atom. The molecule has 0 unspecified atom stereocenters. The van der Waals surface area contributed by atoms with Crippen molar-refractivity contribution in [2.24, 2.45) is 0 Å². The zero-order valence-corrected chi connectivity index (χ0v) is 20.4. The van der Waals surface area contributed by atoms with E-state index in [0.717, 1.165) is 0 Å². The van der Waals surface area contributed by atoms with Crippen LogP contribution in [0.1, 0.15) is 33.5 Å². The van der Waals surface area contributed by atoms with E-state index in [1.54, 1.807) is 6.92 Å². The summed E-state index contributed by atoms with van der Waals surface area (Å²) in [5.74, 6) is -1.27. The van der Waals surface area contributed by atoms with Gasteiger partial charge in [0.05, 0.1) is 30.1 Å².